The minimum absolute atomic E-state index is 0.0666. The van der Waals surface area contributed by atoms with E-state index >= 15 is 0 Å². The molecule has 0 aliphatic carbocycles. The van der Waals surface area contributed by atoms with Crippen LogP contribution in [0, 0.1) is 5.82 Å². The number of ether oxygens (including phenoxy) is 1. The molecule has 0 atom stereocenters. The van der Waals surface area contributed by atoms with Crippen LogP contribution in [0.3, 0.4) is 0 Å². The van der Waals surface area contributed by atoms with E-state index in [1.807, 2.05) is 0 Å². The smallest absolute Gasteiger partial charge is 0.449 e. The fourth-order valence-corrected chi connectivity index (χ4v) is 4.11. The maximum absolute atomic E-state index is 14.1. The van der Waals surface area contributed by atoms with Gasteiger partial charge in [0.1, 0.15) is 11.6 Å². The van der Waals surface area contributed by atoms with Crippen molar-refractivity contribution < 1.29 is 27.4 Å². The SMILES string of the molecule is Cn1c(CS(N)(=O)=O)c(OC(=O)O)c(=O)c2cc(Cc3c(F)cccc3Cl)ccc21. The van der Waals surface area contributed by atoms with Crippen molar-refractivity contribution in [3.8, 4) is 5.75 Å². The molecule has 0 aliphatic rings. The van der Waals surface area contributed by atoms with E-state index < -0.39 is 38.9 Å². The molecule has 3 rings (SSSR count). The Labute approximate surface area is 175 Å². The van der Waals surface area contributed by atoms with Crippen LogP contribution >= 0.6 is 11.6 Å². The Balaban J connectivity index is 2.22. The molecule has 2 aromatic carbocycles. The van der Waals surface area contributed by atoms with E-state index in [9.17, 15) is 22.4 Å². The van der Waals surface area contributed by atoms with E-state index in [-0.39, 0.29) is 28.1 Å². The number of pyridine rings is 1. The molecule has 8 nitrogen and oxygen atoms in total. The molecule has 1 heterocycles. The summed E-state index contributed by atoms with van der Waals surface area (Å²) in [5, 5.41) is 14.3. The van der Waals surface area contributed by atoms with Gasteiger partial charge in [-0.25, -0.2) is 22.7 Å². The van der Waals surface area contributed by atoms with E-state index in [4.69, 9.17) is 21.8 Å². The number of aromatic nitrogens is 1. The number of primary sulfonamides is 1. The van der Waals surface area contributed by atoms with Crippen molar-refractivity contribution in [1.29, 1.82) is 0 Å². The van der Waals surface area contributed by atoms with Gasteiger partial charge < -0.3 is 14.4 Å². The van der Waals surface area contributed by atoms with Gasteiger partial charge in [-0.15, -0.1) is 0 Å². The van der Waals surface area contributed by atoms with Gasteiger partial charge in [-0.2, -0.15) is 0 Å². The Morgan fingerprint density at radius 2 is 2.00 bits per heavy atom. The van der Waals surface area contributed by atoms with Gasteiger partial charge in [0.2, 0.25) is 21.2 Å². The van der Waals surface area contributed by atoms with Crippen molar-refractivity contribution in [2.75, 3.05) is 0 Å². The number of carboxylic acid groups (broad SMARTS) is 1. The fraction of sp³-hybridized carbons (Fsp3) is 0.158. The highest BCUT2D eigenvalue weighted by Gasteiger charge is 2.23. The van der Waals surface area contributed by atoms with Crippen LogP contribution in [0.4, 0.5) is 9.18 Å². The van der Waals surface area contributed by atoms with Gasteiger partial charge in [0.25, 0.3) is 0 Å². The van der Waals surface area contributed by atoms with E-state index in [1.165, 1.54) is 35.9 Å². The molecule has 0 spiro atoms. The van der Waals surface area contributed by atoms with Gasteiger partial charge >= 0.3 is 6.16 Å². The van der Waals surface area contributed by atoms with E-state index in [2.05, 4.69) is 4.74 Å². The van der Waals surface area contributed by atoms with E-state index in [0.29, 0.717) is 11.1 Å². The lowest BCUT2D eigenvalue weighted by Crippen LogP contribution is -2.24. The number of fused-ring (bicyclic) bond motifs is 1. The van der Waals surface area contributed by atoms with Gasteiger partial charge in [0.05, 0.1) is 11.2 Å². The molecule has 0 radical (unpaired) electrons. The Hall–Kier alpha value is -2.95. The lowest BCUT2D eigenvalue weighted by molar-refractivity contribution is 0.143. The monoisotopic (exact) mass is 454 g/mol. The van der Waals surface area contributed by atoms with Crippen molar-refractivity contribution in [1.82, 2.24) is 4.57 Å². The third-order valence-electron chi connectivity index (χ3n) is 4.51. The van der Waals surface area contributed by atoms with Crippen molar-refractivity contribution in [3.05, 3.63) is 74.3 Å². The number of halogens is 2. The third-order valence-corrected chi connectivity index (χ3v) is 5.54. The van der Waals surface area contributed by atoms with Gasteiger partial charge in [0, 0.05) is 29.4 Å². The van der Waals surface area contributed by atoms with Crippen LogP contribution in [0.5, 0.6) is 5.75 Å². The molecule has 0 saturated heterocycles. The molecule has 0 saturated carbocycles. The Morgan fingerprint density at radius 3 is 2.60 bits per heavy atom. The highest BCUT2D eigenvalue weighted by Crippen LogP contribution is 2.26. The number of sulfonamides is 1. The maximum Gasteiger partial charge on any atom is 0.511 e. The van der Waals surface area contributed by atoms with Crippen LogP contribution in [0.1, 0.15) is 16.8 Å². The minimum atomic E-state index is -4.09. The number of aryl methyl sites for hydroxylation is 1. The minimum Gasteiger partial charge on any atom is -0.449 e. The van der Waals surface area contributed by atoms with Crippen molar-refractivity contribution in [2.24, 2.45) is 12.2 Å². The average molecular weight is 455 g/mol. The molecule has 158 valence electrons. The second-order valence-corrected chi connectivity index (χ2v) is 8.59. The lowest BCUT2D eigenvalue weighted by Gasteiger charge is -2.16. The predicted octanol–water partition coefficient (Wildman–Crippen LogP) is 2.77. The van der Waals surface area contributed by atoms with Gasteiger partial charge in [-0.3, -0.25) is 4.79 Å². The average Bonchev–Trinajstić information content (AvgIpc) is 2.64. The fourth-order valence-electron chi connectivity index (χ4n) is 3.17. The summed E-state index contributed by atoms with van der Waals surface area (Å²) in [4.78, 5) is 24.0. The van der Waals surface area contributed by atoms with Gasteiger partial charge in [-0.05, 0) is 29.8 Å². The van der Waals surface area contributed by atoms with Crippen LogP contribution in [-0.4, -0.2) is 24.2 Å². The molecule has 3 N–H and O–H groups in total. The van der Waals surface area contributed by atoms with Crippen LogP contribution in [0.2, 0.25) is 5.02 Å². The highest BCUT2D eigenvalue weighted by atomic mass is 35.5. The van der Waals surface area contributed by atoms with E-state index in [0.717, 1.165) is 0 Å². The largest absolute Gasteiger partial charge is 0.511 e. The second kappa shape index (κ2) is 8.05. The lowest BCUT2D eigenvalue weighted by atomic mass is 10.0. The van der Waals surface area contributed by atoms with Crippen LogP contribution in [-0.2, 0) is 29.2 Å². The van der Waals surface area contributed by atoms with Crippen LogP contribution in [0.15, 0.2) is 41.2 Å². The Morgan fingerprint density at radius 1 is 1.30 bits per heavy atom. The zero-order valence-corrected chi connectivity index (χ0v) is 17.1. The summed E-state index contributed by atoms with van der Waals surface area (Å²) in [5.41, 5.74) is 0.0583. The first-order valence-electron chi connectivity index (χ1n) is 8.46. The molecule has 30 heavy (non-hydrogen) atoms. The number of hydrogen-bond donors (Lipinski definition) is 2. The maximum atomic E-state index is 14.1. The first kappa shape index (κ1) is 21.8. The molecule has 3 aromatic rings. The normalized spacial score (nSPS) is 11.6. The number of benzene rings is 2. The first-order valence-corrected chi connectivity index (χ1v) is 10.6. The summed E-state index contributed by atoms with van der Waals surface area (Å²) in [6.45, 7) is 0. The number of carbonyl (C=O) groups is 1. The van der Waals surface area contributed by atoms with Crippen molar-refractivity contribution in [2.45, 2.75) is 12.2 Å². The van der Waals surface area contributed by atoms with E-state index in [1.54, 1.807) is 12.1 Å². The molecule has 0 amide bonds. The van der Waals surface area contributed by atoms with Crippen molar-refractivity contribution in [3.63, 3.8) is 0 Å². The summed E-state index contributed by atoms with van der Waals surface area (Å²) >= 11 is 6.06. The molecular formula is C19H16ClFN2O6S. The molecule has 11 heteroatoms. The van der Waals surface area contributed by atoms with Gasteiger partial charge in [0.15, 0.2) is 0 Å². The summed E-state index contributed by atoms with van der Waals surface area (Å²) in [5.74, 6) is -1.97. The highest BCUT2D eigenvalue weighted by molar-refractivity contribution is 7.88. The Bertz CT molecular complexity index is 1320. The second-order valence-electron chi connectivity index (χ2n) is 6.57. The molecular weight excluding hydrogens is 439 g/mol. The zero-order chi connectivity index (χ0) is 22.2. The topological polar surface area (TPSA) is 129 Å². The summed E-state index contributed by atoms with van der Waals surface area (Å²) in [7, 11) is -2.64. The number of rotatable bonds is 5. The number of hydrogen-bond acceptors (Lipinski definition) is 5. The molecule has 0 bridgehead atoms. The first-order chi connectivity index (χ1) is 14.0. The molecule has 0 unspecified atom stereocenters. The van der Waals surface area contributed by atoms with Crippen molar-refractivity contribution >= 4 is 38.7 Å². The van der Waals surface area contributed by atoms with Crippen LogP contribution < -0.4 is 15.3 Å². The Kier molecular flexibility index (Phi) is 5.84. The number of nitrogens with zero attached hydrogens (tertiary/aromatic N) is 1. The van der Waals surface area contributed by atoms with Gasteiger partial charge in [-0.1, -0.05) is 23.7 Å². The molecule has 0 fully saturated rings. The zero-order valence-electron chi connectivity index (χ0n) is 15.6. The molecule has 0 aliphatic heterocycles. The summed E-state index contributed by atoms with van der Waals surface area (Å²) in [6, 6.07) is 8.90. The van der Waals surface area contributed by atoms with Crippen LogP contribution in [0.25, 0.3) is 10.9 Å². The predicted molar refractivity (Wildman–Crippen MR) is 109 cm³/mol. The summed E-state index contributed by atoms with van der Waals surface area (Å²) in [6.07, 6.45) is -1.70. The third kappa shape index (κ3) is 4.45. The molecule has 1 aromatic heterocycles. The standard InChI is InChI=1S/C19H16ClFN2O6S/c1-23-15-6-5-10(7-11-13(20)3-2-4-14(11)21)8-12(15)17(24)18(29-19(25)26)16(23)9-30(22,27)28/h2-6,8H,7,9H2,1H3,(H,25,26)(H2,22,27,28). The quantitative estimate of drug-likeness (QED) is 0.570. The summed E-state index contributed by atoms with van der Waals surface area (Å²) < 4.78 is 43.2. The number of nitrogens with two attached hydrogens (primary N) is 1.